The van der Waals surface area contributed by atoms with E-state index < -0.39 is 0 Å². The van der Waals surface area contributed by atoms with Gasteiger partial charge in [-0.2, -0.15) is 0 Å². The number of fused-ring (bicyclic) bond motifs is 2. The molecule has 5 nitrogen and oxygen atoms in total. The van der Waals surface area contributed by atoms with Crippen LogP contribution in [-0.4, -0.2) is 46.0 Å². The van der Waals surface area contributed by atoms with Crippen molar-refractivity contribution in [2.24, 2.45) is 5.41 Å². The molecule has 4 heterocycles. The van der Waals surface area contributed by atoms with E-state index in [1.807, 2.05) is 24.4 Å². The first-order valence-corrected chi connectivity index (χ1v) is 12.2. The predicted molar refractivity (Wildman–Crippen MR) is 134 cm³/mol. The molecule has 0 saturated carbocycles. The summed E-state index contributed by atoms with van der Waals surface area (Å²) in [6, 6.07) is 19.0. The molecular formula is C28H31N5. The number of benzene rings is 2. The first kappa shape index (κ1) is 20.5. The van der Waals surface area contributed by atoms with Crippen LogP contribution in [0.5, 0.6) is 0 Å². The van der Waals surface area contributed by atoms with Crippen LogP contribution in [0.2, 0.25) is 0 Å². The van der Waals surface area contributed by atoms with Crippen LogP contribution in [0, 0.1) is 12.3 Å². The van der Waals surface area contributed by atoms with Gasteiger partial charge in [-0.3, -0.25) is 14.9 Å². The Bertz CT molecular complexity index is 1290. The molecule has 6 rings (SSSR count). The first-order valence-electron chi connectivity index (χ1n) is 12.2. The largest absolute Gasteiger partial charge is 0.355 e. The molecule has 5 heteroatoms. The molecule has 0 N–H and O–H groups in total. The topological polar surface area (TPSA) is 45.2 Å². The summed E-state index contributed by atoms with van der Waals surface area (Å²) >= 11 is 0. The van der Waals surface area contributed by atoms with E-state index in [9.17, 15) is 0 Å². The maximum atomic E-state index is 4.89. The molecule has 0 amide bonds. The van der Waals surface area contributed by atoms with Gasteiger partial charge in [0.15, 0.2) is 0 Å². The molecule has 0 aliphatic carbocycles. The fourth-order valence-electron chi connectivity index (χ4n) is 5.93. The molecule has 4 aromatic rings. The molecule has 33 heavy (non-hydrogen) atoms. The van der Waals surface area contributed by atoms with E-state index in [-0.39, 0.29) is 0 Å². The van der Waals surface area contributed by atoms with Gasteiger partial charge in [0.2, 0.25) is 0 Å². The third-order valence-corrected chi connectivity index (χ3v) is 7.65. The Morgan fingerprint density at radius 2 is 1.61 bits per heavy atom. The summed E-state index contributed by atoms with van der Waals surface area (Å²) in [6.45, 7) is 7.65. The van der Waals surface area contributed by atoms with Crippen molar-refractivity contribution in [3.05, 3.63) is 72.1 Å². The molecular weight excluding hydrogens is 406 g/mol. The summed E-state index contributed by atoms with van der Waals surface area (Å²) in [4.78, 5) is 19.4. The van der Waals surface area contributed by atoms with Gasteiger partial charge in [-0.25, -0.2) is 4.98 Å². The molecule has 2 aliphatic rings. The molecule has 2 fully saturated rings. The maximum Gasteiger partial charge on any atom is 0.147 e. The van der Waals surface area contributed by atoms with Gasteiger partial charge in [-0.05, 0) is 74.4 Å². The molecule has 2 aromatic carbocycles. The Morgan fingerprint density at radius 1 is 0.848 bits per heavy atom. The lowest BCUT2D eigenvalue weighted by molar-refractivity contribution is 0.0607. The molecule has 2 saturated heterocycles. The lowest BCUT2D eigenvalue weighted by Gasteiger charge is -2.48. The summed E-state index contributed by atoms with van der Waals surface area (Å²) in [5.74, 6) is 1.02. The minimum atomic E-state index is 0.427. The molecule has 168 valence electrons. The first-order chi connectivity index (χ1) is 16.2. The fraction of sp³-hybridized carbons (Fsp3) is 0.393. The van der Waals surface area contributed by atoms with Crippen molar-refractivity contribution < 1.29 is 0 Å². The van der Waals surface area contributed by atoms with Crippen molar-refractivity contribution in [2.75, 3.05) is 31.1 Å². The van der Waals surface area contributed by atoms with E-state index in [1.165, 1.54) is 49.7 Å². The zero-order valence-corrected chi connectivity index (χ0v) is 19.4. The number of para-hydroxylation sites is 3. The standard InChI is InChI=1S/C28H31N5/c1-21-17-22(23-7-2-3-8-24(23)30-21)19-32-14-6-11-28(20-32)12-15-33(16-13-28)27-18-29-25-9-4-5-10-26(25)31-27/h2-5,7-10,17-18H,6,11-16,19-20H2,1H3. The van der Waals surface area contributed by atoms with Crippen molar-refractivity contribution >= 4 is 27.8 Å². The lowest BCUT2D eigenvalue weighted by atomic mass is 9.72. The van der Waals surface area contributed by atoms with Gasteiger partial charge in [0, 0.05) is 37.3 Å². The van der Waals surface area contributed by atoms with Gasteiger partial charge in [-0.15, -0.1) is 0 Å². The van der Waals surface area contributed by atoms with E-state index >= 15 is 0 Å². The maximum absolute atomic E-state index is 4.89. The monoisotopic (exact) mass is 437 g/mol. The van der Waals surface area contributed by atoms with Crippen molar-refractivity contribution in [3.63, 3.8) is 0 Å². The fourth-order valence-corrected chi connectivity index (χ4v) is 5.93. The van der Waals surface area contributed by atoms with Crippen LogP contribution in [0.15, 0.2) is 60.8 Å². The van der Waals surface area contributed by atoms with Crippen molar-refractivity contribution in [1.82, 2.24) is 19.9 Å². The van der Waals surface area contributed by atoms with Gasteiger partial charge in [0.1, 0.15) is 5.82 Å². The Balaban J connectivity index is 1.16. The summed E-state index contributed by atoms with van der Waals surface area (Å²) < 4.78 is 0. The molecule has 1 spiro atoms. The normalized spacial score (nSPS) is 18.9. The number of hydrogen-bond donors (Lipinski definition) is 0. The summed E-state index contributed by atoms with van der Waals surface area (Å²) in [7, 11) is 0. The zero-order chi connectivity index (χ0) is 22.3. The minimum Gasteiger partial charge on any atom is -0.355 e. The highest BCUT2D eigenvalue weighted by atomic mass is 15.2. The molecule has 0 unspecified atom stereocenters. The van der Waals surface area contributed by atoms with Crippen LogP contribution < -0.4 is 4.90 Å². The number of rotatable bonds is 3. The smallest absolute Gasteiger partial charge is 0.147 e. The third-order valence-electron chi connectivity index (χ3n) is 7.65. The van der Waals surface area contributed by atoms with Gasteiger partial charge in [-0.1, -0.05) is 30.3 Å². The number of likely N-dealkylation sites (tertiary alicyclic amines) is 1. The Labute approximate surface area is 195 Å². The molecule has 2 aliphatic heterocycles. The van der Waals surface area contributed by atoms with Crippen molar-refractivity contribution in [1.29, 1.82) is 0 Å². The van der Waals surface area contributed by atoms with Crippen molar-refractivity contribution in [2.45, 2.75) is 39.2 Å². The van der Waals surface area contributed by atoms with Gasteiger partial charge in [0.05, 0.1) is 22.7 Å². The van der Waals surface area contributed by atoms with E-state index in [4.69, 9.17) is 9.97 Å². The number of nitrogens with zero attached hydrogens (tertiary/aromatic N) is 5. The summed E-state index contributed by atoms with van der Waals surface area (Å²) in [5, 5.41) is 1.30. The zero-order valence-electron chi connectivity index (χ0n) is 19.4. The van der Waals surface area contributed by atoms with Crippen LogP contribution in [0.3, 0.4) is 0 Å². The highest BCUT2D eigenvalue weighted by molar-refractivity contribution is 5.82. The quantitative estimate of drug-likeness (QED) is 0.431. The van der Waals surface area contributed by atoms with E-state index in [0.717, 1.165) is 47.7 Å². The van der Waals surface area contributed by atoms with Crippen LogP contribution in [-0.2, 0) is 6.54 Å². The average molecular weight is 438 g/mol. The van der Waals surface area contributed by atoms with Gasteiger partial charge in [0.25, 0.3) is 0 Å². The van der Waals surface area contributed by atoms with Crippen molar-refractivity contribution in [3.8, 4) is 0 Å². The second kappa shape index (κ2) is 8.38. The van der Waals surface area contributed by atoms with E-state index in [1.54, 1.807) is 0 Å². The number of piperidine rings is 2. The Hall–Kier alpha value is -3.05. The number of anilines is 1. The third kappa shape index (κ3) is 4.06. The van der Waals surface area contributed by atoms with Gasteiger partial charge < -0.3 is 4.90 Å². The van der Waals surface area contributed by atoms with Crippen LogP contribution in [0.1, 0.15) is 36.9 Å². The Morgan fingerprint density at radius 3 is 2.45 bits per heavy atom. The van der Waals surface area contributed by atoms with Crippen LogP contribution >= 0.6 is 0 Å². The second-order valence-electron chi connectivity index (χ2n) is 9.96. The van der Waals surface area contributed by atoms with Crippen LogP contribution in [0.25, 0.3) is 21.9 Å². The summed E-state index contributed by atoms with van der Waals surface area (Å²) in [5.41, 5.74) is 6.02. The second-order valence-corrected chi connectivity index (χ2v) is 9.96. The molecule has 0 bridgehead atoms. The minimum absolute atomic E-state index is 0.427. The number of aryl methyl sites for hydroxylation is 1. The SMILES string of the molecule is Cc1cc(CN2CCCC3(CCN(c4cnc5ccccc5n4)CC3)C2)c2ccccc2n1. The van der Waals surface area contributed by atoms with E-state index in [0.29, 0.717) is 5.41 Å². The molecule has 0 atom stereocenters. The average Bonchev–Trinajstić information content (AvgIpc) is 2.84. The number of pyridine rings is 1. The number of hydrogen-bond acceptors (Lipinski definition) is 5. The highest BCUT2D eigenvalue weighted by Gasteiger charge is 2.38. The Kier molecular flexibility index (Phi) is 5.22. The summed E-state index contributed by atoms with van der Waals surface area (Å²) in [6.07, 6.45) is 7.04. The van der Waals surface area contributed by atoms with Gasteiger partial charge >= 0.3 is 0 Å². The highest BCUT2D eigenvalue weighted by Crippen LogP contribution is 2.41. The van der Waals surface area contributed by atoms with Crippen LogP contribution in [0.4, 0.5) is 5.82 Å². The molecule has 2 aromatic heterocycles. The lowest BCUT2D eigenvalue weighted by Crippen LogP contribution is -2.49. The predicted octanol–water partition coefficient (Wildman–Crippen LogP) is 5.37. The van der Waals surface area contributed by atoms with E-state index in [2.05, 4.69) is 58.1 Å². The number of aromatic nitrogens is 3. The molecule has 0 radical (unpaired) electrons.